The van der Waals surface area contributed by atoms with Crippen LogP contribution in [0.1, 0.15) is 49.7 Å². The standard InChI is InChI=1S/C20H26ClNO2/c1-12-3-17(4-13(2)19(12)21)24-11-18(23)22-20-8-14-5-15(9-20)7-16(6-14)10-20/h3-4,14-16H,5-11H2,1-2H3,(H,22,23). The molecule has 0 heterocycles. The van der Waals surface area contributed by atoms with Crippen LogP contribution in [0.2, 0.25) is 5.02 Å². The van der Waals surface area contributed by atoms with E-state index in [4.69, 9.17) is 16.3 Å². The van der Waals surface area contributed by atoms with Gasteiger partial charge in [0, 0.05) is 10.6 Å². The first-order chi connectivity index (χ1) is 11.4. The van der Waals surface area contributed by atoms with Crippen LogP contribution in [0.15, 0.2) is 12.1 Å². The molecule has 0 radical (unpaired) electrons. The average molecular weight is 348 g/mol. The molecule has 3 nitrogen and oxygen atoms in total. The third-order valence-electron chi connectivity index (χ3n) is 6.22. The first-order valence-corrected chi connectivity index (χ1v) is 9.51. The maximum absolute atomic E-state index is 12.5. The summed E-state index contributed by atoms with van der Waals surface area (Å²) in [5.41, 5.74) is 2.02. The SMILES string of the molecule is Cc1cc(OCC(=O)NC23CC4CC(CC(C4)C2)C3)cc(C)c1Cl. The summed E-state index contributed by atoms with van der Waals surface area (Å²) in [6, 6.07) is 3.79. The Labute approximate surface area is 149 Å². The molecule has 1 amide bonds. The van der Waals surface area contributed by atoms with E-state index in [2.05, 4.69) is 5.32 Å². The Balaban J connectivity index is 1.37. The first-order valence-electron chi connectivity index (χ1n) is 9.13. The molecule has 4 fully saturated rings. The van der Waals surface area contributed by atoms with Crippen molar-refractivity contribution < 1.29 is 9.53 Å². The van der Waals surface area contributed by atoms with Crippen molar-refractivity contribution in [3.63, 3.8) is 0 Å². The highest BCUT2D eigenvalue weighted by Crippen LogP contribution is 2.55. The summed E-state index contributed by atoms with van der Waals surface area (Å²) in [5, 5.41) is 4.11. The monoisotopic (exact) mass is 347 g/mol. The summed E-state index contributed by atoms with van der Waals surface area (Å²) in [6.07, 6.45) is 7.66. The number of aryl methyl sites for hydroxylation is 2. The molecular weight excluding hydrogens is 322 g/mol. The van der Waals surface area contributed by atoms with Crippen LogP contribution in [0.25, 0.3) is 0 Å². The number of carbonyl (C=O) groups excluding carboxylic acids is 1. The van der Waals surface area contributed by atoms with Gasteiger partial charge in [0.05, 0.1) is 0 Å². The lowest BCUT2D eigenvalue weighted by atomic mass is 9.53. The molecule has 5 rings (SSSR count). The lowest BCUT2D eigenvalue weighted by Crippen LogP contribution is -2.60. The Kier molecular flexibility index (Phi) is 4.03. The lowest BCUT2D eigenvalue weighted by molar-refractivity contribution is -0.128. The molecule has 0 aliphatic heterocycles. The van der Waals surface area contributed by atoms with Crippen LogP contribution in [0.4, 0.5) is 0 Å². The largest absolute Gasteiger partial charge is 0.484 e. The summed E-state index contributed by atoms with van der Waals surface area (Å²) in [5.74, 6) is 3.23. The normalized spacial score (nSPS) is 33.5. The van der Waals surface area contributed by atoms with Crippen LogP contribution >= 0.6 is 11.6 Å². The molecule has 0 spiro atoms. The zero-order valence-electron chi connectivity index (χ0n) is 14.5. The highest BCUT2D eigenvalue weighted by molar-refractivity contribution is 6.32. The van der Waals surface area contributed by atoms with Gasteiger partial charge in [0.25, 0.3) is 5.91 Å². The van der Waals surface area contributed by atoms with Gasteiger partial charge in [-0.1, -0.05) is 11.6 Å². The van der Waals surface area contributed by atoms with Crippen molar-refractivity contribution in [2.24, 2.45) is 17.8 Å². The van der Waals surface area contributed by atoms with Crippen LogP contribution in [0, 0.1) is 31.6 Å². The fraction of sp³-hybridized carbons (Fsp3) is 0.650. The molecule has 0 unspecified atom stereocenters. The van der Waals surface area contributed by atoms with E-state index in [1.165, 1.54) is 38.5 Å². The predicted molar refractivity (Wildman–Crippen MR) is 95.5 cm³/mol. The molecule has 0 saturated heterocycles. The number of halogens is 1. The fourth-order valence-corrected chi connectivity index (χ4v) is 5.84. The van der Waals surface area contributed by atoms with E-state index in [9.17, 15) is 4.79 Å². The van der Waals surface area contributed by atoms with Gasteiger partial charge >= 0.3 is 0 Å². The minimum Gasteiger partial charge on any atom is -0.484 e. The minimum absolute atomic E-state index is 0.0159. The Hall–Kier alpha value is -1.22. The van der Waals surface area contributed by atoms with Crippen LogP contribution in [-0.2, 0) is 4.79 Å². The van der Waals surface area contributed by atoms with E-state index < -0.39 is 0 Å². The van der Waals surface area contributed by atoms with Crippen molar-refractivity contribution in [3.05, 3.63) is 28.3 Å². The van der Waals surface area contributed by atoms with E-state index in [-0.39, 0.29) is 18.1 Å². The summed E-state index contributed by atoms with van der Waals surface area (Å²) < 4.78 is 5.73. The molecule has 0 aromatic heterocycles. The van der Waals surface area contributed by atoms with Gasteiger partial charge in [0.1, 0.15) is 5.75 Å². The third-order valence-corrected chi connectivity index (χ3v) is 6.82. The van der Waals surface area contributed by atoms with Gasteiger partial charge in [-0.15, -0.1) is 0 Å². The van der Waals surface area contributed by atoms with Crippen LogP contribution in [0.3, 0.4) is 0 Å². The zero-order chi connectivity index (χ0) is 16.9. The smallest absolute Gasteiger partial charge is 0.258 e. The minimum atomic E-state index is 0.0159. The second-order valence-electron chi connectivity index (χ2n) is 8.41. The quantitative estimate of drug-likeness (QED) is 0.875. The fourth-order valence-electron chi connectivity index (χ4n) is 5.73. The number of rotatable bonds is 4. The number of ether oxygens (including phenoxy) is 1. The molecular formula is C20H26ClNO2. The van der Waals surface area contributed by atoms with Gasteiger partial charge in [-0.05, 0) is 93.4 Å². The molecule has 130 valence electrons. The molecule has 4 heteroatoms. The van der Waals surface area contributed by atoms with Crippen LogP contribution < -0.4 is 10.1 Å². The lowest BCUT2D eigenvalue weighted by Gasteiger charge is -2.56. The van der Waals surface area contributed by atoms with E-state index >= 15 is 0 Å². The molecule has 24 heavy (non-hydrogen) atoms. The molecule has 1 N–H and O–H groups in total. The Morgan fingerprint density at radius 1 is 1.12 bits per heavy atom. The maximum Gasteiger partial charge on any atom is 0.258 e. The van der Waals surface area contributed by atoms with Crippen molar-refractivity contribution in [1.29, 1.82) is 0 Å². The predicted octanol–water partition coefficient (Wildman–Crippen LogP) is 4.42. The molecule has 4 aliphatic rings. The van der Waals surface area contributed by atoms with Crippen molar-refractivity contribution in [2.45, 2.75) is 57.9 Å². The highest BCUT2D eigenvalue weighted by Gasteiger charge is 2.51. The van der Waals surface area contributed by atoms with Crippen LogP contribution in [-0.4, -0.2) is 18.1 Å². The number of hydrogen-bond acceptors (Lipinski definition) is 2. The van der Waals surface area contributed by atoms with E-state index in [1.807, 2.05) is 26.0 Å². The molecule has 4 aliphatic carbocycles. The Morgan fingerprint density at radius 3 is 2.12 bits per heavy atom. The van der Waals surface area contributed by atoms with Gasteiger partial charge in [0.15, 0.2) is 6.61 Å². The van der Waals surface area contributed by atoms with Gasteiger partial charge in [-0.2, -0.15) is 0 Å². The van der Waals surface area contributed by atoms with Crippen molar-refractivity contribution in [2.75, 3.05) is 6.61 Å². The van der Waals surface area contributed by atoms with Gasteiger partial charge in [0.2, 0.25) is 0 Å². The highest BCUT2D eigenvalue weighted by atomic mass is 35.5. The number of carbonyl (C=O) groups is 1. The number of amides is 1. The van der Waals surface area contributed by atoms with E-state index in [1.54, 1.807) is 0 Å². The van der Waals surface area contributed by atoms with Gasteiger partial charge in [-0.25, -0.2) is 0 Å². The summed E-state index contributed by atoms with van der Waals surface area (Å²) in [7, 11) is 0. The Morgan fingerprint density at radius 2 is 1.62 bits per heavy atom. The average Bonchev–Trinajstić information content (AvgIpc) is 2.48. The zero-order valence-corrected chi connectivity index (χ0v) is 15.3. The number of hydrogen-bond donors (Lipinski definition) is 1. The number of nitrogens with one attached hydrogen (secondary N) is 1. The van der Waals surface area contributed by atoms with E-state index in [0.717, 1.165) is 39.7 Å². The summed E-state index contributed by atoms with van der Waals surface area (Å²) in [6.45, 7) is 4.00. The number of benzene rings is 1. The molecule has 1 aromatic carbocycles. The third kappa shape index (κ3) is 3.03. The maximum atomic E-state index is 12.5. The Bertz CT molecular complexity index is 611. The van der Waals surface area contributed by atoms with Gasteiger partial charge in [-0.3, -0.25) is 4.79 Å². The van der Waals surface area contributed by atoms with Crippen molar-refractivity contribution in [1.82, 2.24) is 5.32 Å². The molecule has 1 aromatic rings. The summed E-state index contributed by atoms with van der Waals surface area (Å²) >= 11 is 6.18. The van der Waals surface area contributed by atoms with Crippen LogP contribution in [0.5, 0.6) is 5.75 Å². The molecule has 4 bridgehead atoms. The topological polar surface area (TPSA) is 38.3 Å². The molecule has 4 saturated carbocycles. The van der Waals surface area contributed by atoms with Crippen molar-refractivity contribution in [3.8, 4) is 5.75 Å². The summed E-state index contributed by atoms with van der Waals surface area (Å²) in [4.78, 5) is 12.5. The second kappa shape index (κ2) is 5.94. The van der Waals surface area contributed by atoms with Crippen molar-refractivity contribution >= 4 is 17.5 Å². The van der Waals surface area contributed by atoms with Gasteiger partial charge < -0.3 is 10.1 Å². The van der Waals surface area contributed by atoms with E-state index in [0.29, 0.717) is 0 Å². The second-order valence-corrected chi connectivity index (χ2v) is 8.78. The first kappa shape index (κ1) is 16.3. The molecule has 0 atom stereocenters.